The van der Waals surface area contributed by atoms with Crippen LogP contribution < -0.4 is 0 Å². The van der Waals surface area contributed by atoms with Gasteiger partial charge < -0.3 is 4.55 Å². The molecule has 1 rings (SSSR count). The smallest absolute Gasteiger partial charge is 0.144 e. The van der Waals surface area contributed by atoms with E-state index in [1.54, 1.807) is 0 Å². The highest BCUT2D eigenvalue weighted by atomic mass is 35.5. The second kappa shape index (κ2) is 7.76. The molecule has 1 atom stereocenters. The Hall–Kier alpha value is 0.270. The Balaban J connectivity index is 2.72. The molecule has 0 saturated heterocycles. The van der Waals surface area contributed by atoms with E-state index in [9.17, 15) is 4.55 Å². The van der Waals surface area contributed by atoms with Crippen LogP contribution in [0.5, 0.6) is 0 Å². The van der Waals surface area contributed by atoms with Crippen LogP contribution in [0.4, 0.5) is 0 Å². The maximum absolute atomic E-state index is 12.2. The van der Waals surface area contributed by atoms with E-state index in [0.717, 1.165) is 18.6 Å². The third-order valence-electron chi connectivity index (χ3n) is 3.37. The molecule has 18 heavy (non-hydrogen) atoms. The maximum atomic E-state index is 12.2. The topological polar surface area (TPSA) is 35.4 Å². The normalized spacial score (nSPS) is 21.1. The molecule has 0 aromatic carbocycles. The molecule has 1 aliphatic carbocycles. The van der Waals surface area contributed by atoms with Gasteiger partial charge >= 0.3 is 0 Å². The van der Waals surface area contributed by atoms with E-state index in [-0.39, 0.29) is 4.75 Å². The summed E-state index contributed by atoms with van der Waals surface area (Å²) in [4.78, 5) is 0. The van der Waals surface area contributed by atoms with Crippen molar-refractivity contribution in [3.05, 3.63) is 0 Å². The van der Waals surface area contributed by atoms with Gasteiger partial charge in [-0.2, -0.15) is 0 Å². The van der Waals surface area contributed by atoms with E-state index in [1.807, 2.05) is 20.8 Å². The minimum atomic E-state index is -1.13. The Kier molecular flexibility index (Phi) is 7.04. The van der Waals surface area contributed by atoms with Crippen molar-refractivity contribution in [1.29, 1.82) is 0 Å². The van der Waals surface area contributed by atoms with E-state index in [2.05, 4.69) is 4.40 Å². The van der Waals surface area contributed by atoms with Crippen molar-refractivity contribution in [1.82, 2.24) is 0 Å². The third kappa shape index (κ3) is 5.50. The lowest BCUT2D eigenvalue weighted by Crippen LogP contribution is -2.29. The first kappa shape index (κ1) is 16.3. The fraction of sp³-hybridized carbons (Fsp3) is 0.929. The molecular formula is C14H26ClNOS. The van der Waals surface area contributed by atoms with Crippen LogP contribution in [-0.4, -0.2) is 20.9 Å². The molecule has 0 bridgehead atoms. The molecule has 0 amide bonds. The molecule has 0 unspecified atom stereocenters. The van der Waals surface area contributed by atoms with Gasteiger partial charge in [0, 0.05) is 11.8 Å². The van der Waals surface area contributed by atoms with Crippen LogP contribution in [0.3, 0.4) is 0 Å². The summed E-state index contributed by atoms with van der Waals surface area (Å²) < 4.78 is 16.4. The average Bonchev–Trinajstić information content (AvgIpc) is 2.34. The molecule has 0 spiro atoms. The number of nitrogens with zero attached hydrogens (tertiary/aromatic N) is 1. The van der Waals surface area contributed by atoms with E-state index >= 15 is 0 Å². The zero-order chi connectivity index (χ0) is 13.6. The van der Waals surface area contributed by atoms with Crippen LogP contribution in [0.1, 0.15) is 65.7 Å². The Morgan fingerprint density at radius 1 is 1.28 bits per heavy atom. The molecule has 0 radical (unpaired) electrons. The number of hydrogen-bond acceptors (Lipinski definition) is 2. The van der Waals surface area contributed by atoms with Gasteiger partial charge in [0.15, 0.2) is 0 Å². The van der Waals surface area contributed by atoms with Crippen molar-refractivity contribution < 1.29 is 4.55 Å². The number of alkyl halides is 1. The van der Waals surface area contributed by atoms with Crippen LogP contribution in [0.25, 0.3) is 0 Å². The first-order chi connectivity index (χ1) is 8.45. The first-order valence-corrected chi connectivity index (χ1v) is 8.64. The van der Waals surface area contributed by atoms with Crippen molar-refractivity contribution in [3.63, 3.8) is 0 Å². The van der Waals surface area contributed by atoms with Crippen LogP contribution in [0, 0.1) is 5.92 Å². The summed E-state index contributed by atoms with van der Waals surface area (Å²) in [5.74, 6) is 1.21. The number of rotatable bonds is 5. The highest BCUT2D eigenvalue weighted by Gasteiger charge is 2.29. The van der Waals surface area contributed by atoms with Gasteiger partial charge in [-0.15, -0.1) is 11.6 Å². The third-order valence-corrected chi connectivity index (χ3v) is 5.08. The van der Waals surface area contributed by atoms with Crippen LogP contribution in [-0.2, 0) is 11.4 Å². The van der Waals surface area contributed by atoms with Gasteiger partial charge in [-0.05, 0) is 46.5 Å². The molecule has 0 heterocycles. The Labute approximate surface area is 120 Å². The standard InChI is InChI=1S/C14H26ClNOS/c1-14(2,3)18(17)16-13(10-7-11-15)12-8-5-4-6-9-12/h12H,4-11H2,1-3H3/t18-/m0/s1. The predicted molar refractivity (Wildman–Crippen MR) is 81.9 cm³/mol. The van der Waals surface area contributed by atoms with E-state index in [0.29, 0.717) is 11.8 Å². The van der Waals surface area contributed by atoms with Crippen LogP contribution >= 0.6 is 11.6 Å². The van der Waals surface area contributed by atoms with Crippen molar-refractivity contribution >= 4 is 28.7 Å². The summed E-state index contributed by atoms with van der Waals surface area (Å²) in [7, 11) is 0. The molecule has 1 aliphatic rings. The summed E-state index contributed by atoms with van der Waals surface area (Å²) in [5.41, 5.74) is 1.16. The van der Waals surface area contributed by atoms with E-state index in [1.165, 1.54) is 32.1 Å². The van der Waals surface area contributed by atoms with E-state index < -0.39 is 11.4 Å². The zero-order valence-electron chi connectivity index (χ0n) is 11.9. The number of halogens is 1. The van der Waals surface area contributed by atoms with Gasteiger partial charge in [-0.25, -0.2) is 0 Å². The fourth-order valence-corrected chi connectivity index (χ4v) is 3.11. The second-order valence-electron chi connectivity index (χ2n) is 6.07. The quantitative estimate of drug-likeness (QED) is 0.417. The summed E-state index contributed by atoms with van der Waals surface area (Å²) >= 11 is 4.65. The van der Waals surface area contributed by atoms with Gasteiger partial charge in [0.05, 0.1) is 5.71 Å². The molecule has 2 nitrogen and oxygen atoms in total. The van der Waals surface area contributed by atoms with Crippen molar-refractivity contribution in [2.45, 2.75) is 70.5 Å². The van der Waals surface area contributed by atoms with Crippen LogP contribution in [0.2, 0.25) is 0 Å². The van der Waals surface area contributed by atoms with Crippen molar-refractivity contribution in [3.8, 4) is 0 Å². The second-order valence-corrected chi connectivity index (χ2v) is 8.36. The highest BCUT2D eigenvalue weighted by molar-refractivity contribution is 7.91. The molecule has 1 fully saturated rings. The van der Waals surface area contributed by atoms with Gasteiger partial charge in [0.1, 0.15) is 16.1 Å². The fourth-order valence-electron chi connectivity index (χ4n) is 2.25. The van der Waals surface area contributed by atoms with Gasteiger partial charge in [0.25, 0.3) is 0 Å². The first-order valence-electron chi connectivity index (χ1n) is 7.00. The summed E-state index contributed by atoms with van der Waals surface area (Å²) in [5, 5.41) is 0. The summed E-state index contributed by atoms with van der Waals surface area (Å²) in [6.45, 7) is 5.94. The Morgan fingerprint density at radius 2 is 1.89 bits per heavy atom. The highest BCUT2D eigenvalue weighted by Crippen LogP contribution is 2.28. The molecule has 0 aromatic heterocycles. The monoisotopic (exact) mass is 291 g/mol. The van der Waals surface area contributed by atoms with Crippen LogP contribution in [0.15, 0.2) is 4.40 Å². The van der Waals surface area contributed by atoms with Crippen molar-refractivity contribution in [2.75, 3.05) is 5.88 Å². The molecule has 0 aromatic rings. The number of hydrogen-bond donors (Lipinski definition) is 0. The zero-order valence-corrected chi connectivity index (χ0v) is 13.4. The Bertz CT molecular complexity index is 269. The minimum absolute atomic E-state index is 0.263. The molecule has 4 heteroatoms. The van der Waals surface area contributed by atoms with Gasteiger partial charge in [-0.1, -0.05) is 23.7 Å². The molecule has 0 aliphatic heterocycles. The summed E-state index contributed by atoms with van der Waals surface area (Å²) in [6.07, 6.45) is 8.18. The molecule has 1 saturated carbocycles. The lowest BCUT2D eigenvalue weighted by atomic mass is 9.84. The summed E-state index contributed by atoms with van der Waals surface area (Å²) in [6, 6.07) is 0. The molecule has 106 valence electrons. The largest absolute Gasteiger partial charge is 0.591 e. The van der Waals surface area contributed by atoms with Gasteiger partial charge in [-0.3, -0.25) is 0 Å². The van der Waals surface area contributed by atoms with Crippen molar-refractivity contribution in [2.24, 2.45) is 10.3 Å². The molecular weight excluding hydrogens is 266 g/mol. The van der Waals surface area contributed by atoms with Gasteiger partial charge in [0.2, 0.25) is 0 Å². The lowest BCUT2D eigenvalue weighted by Gasteiger charge is -2.25. The minimum Gasteiger partial charge on any atom is -0.591 e. The lowest BCUT2D eigenvalue weighted by molar-refractivity contribution is 0.435. The average molecular weight is 292 g/mol. The predicted octanol–water partition coefficient (Wildman–Crippen LogP) is 4.49. The Morgan fingerprint density at radius 3 is 2.39 bits per heavy atom. The molecule has 0 N–H and O–H groups in total. The SMILES string of the molecule is CC(C)(C)[S@+]([O-])N=C(CCCCl)C1CCCCC1. The maximum Gasteiger partial charge on any atom is 0.144 e. The van der Waals surface area contributed by atoms with E-state index in [4.69, 9.17) is 11.6 Å².